The third kappa shape index (κ3) is 4.59. The van der Waals surface area contributed by atoms with E-state index in [-0.39, 0.29) is 18.1 Å². The summed E-state index contributed by atoms with van der Waals surface area (Å²) in [6.07, 6.45) is 1.28. The maximum absolute atomic E-state index is 13.2. The number of carbonyl (C=O) groups is 1. The highest BCUT2D eigenvalue weighted by Crippen LogP contribution is 2.41. The molecule has 0 radical (unpaired) electrons. The molecular weight excluding hydrogens is 370 g/mol. The lowest BCUT2D eigenvalue weighted by atomic mass is 9.84. The highest BCUT2D eigenvalue weighted by atomic mass is 35.5. The molecule has 0 bridgehead atoms. The summed E-state index contributed by atoms with van der Waals surface area (Å²) >= 11 is 6.00. The van der Waals surface area contributed by atoms with Crippen LogP contribution in [0.3, 0.4) is 0 Å². The zero-order valence-electron chi connectivity index (χ0n) is 17.0. The molecule has 0 N–H and O–H groups in total. The normalized spacial score (nSPS) is 18.0. The summed E-state index contributed by atoms with van der Waals surface area (Å²) in [7, 11) is 0. The van der Waals surface area contributed by atoms with E-state index in [1.807, 2.05) is 69.0 Å². The van der Waals surface area contributed by atoms with Crippen LogP contribution >= 0.6 is 11.6 Å². The van der Waals surface area contributed by atoms with Crippen molar-refractivity contribution in [2.45, 2.75) is 58.1 Å². The molecule has 3 rings (SSSR count). The molecule has 2 atom stereocenters. The standard InChI is InChI=1S/C24H28ClNO2/c1-17(16-25)14-20(18-10-6-5-7-11-18)22-15-19-12-8-9-13-21(19)26(22)23(27)28-24(2,3)4/h5-13,16,20,22H,14-15H2,1-4H3/b17-16+/t20-,22-/m1/s1. The van der Waals surface area contributed by atoms with Gasteiger partial charge in [0.25, 0.3) is 0 Å². The highest BCUT2D eigenvalue weighted by Gasteiger charge is 2.41. The SMILES string of the molecule is C/C(=C\Cl)C[C@H](c1ccccc1)[C@H]1Cc2ccccc2N1C(=O)OC(C)(C)C. The summed E-state index contributed by atoms with van der Waals surface area (Å²) in [4.78, 5) is 15.0. The lowest BCUT2D eigenvalue weighted by Crippen LogP contribution is -2.44. The molecule has 0 unspecified atom stereocenters. The number of hydrogen-bond donors (Lipinski definition) is 0. The first-order valence-electron chi connectivity index (χ1n) is 9.71. The van der Waals surface area contributed by atoms with E-state index in [0.717, 1.165) is 24.1 Å². The van der Waals surface area contributed by atoms with Gasteiger partial charge in [0, 0.05) is 11.5 Å². The van der Waals surface area contributed by atoms with E-state index < -0.39 is 5.60 Å². The Morgan fingerprint density at radius 3 is 2.46 bits per heavy atom. The largest absolute Gasteiger partial charge is 0.443 e. The first-order chi connectivity index (χ1) is 13.3. The molecular formula is C24H28ClNO2. The molecule has 0 aliphatic carbocycles. The van der Waals surface area contributed by atoms with Crippen molar-refractivity contribution in [1.29, 1.82) is 0 Å². The molecule has 3 nitrogen and oxygen atoms in total. The van der Waals surface area contributed by atoms with Gasteiger partial charge >= 0.3 is 6.09 Å². The van der Waals surface area contributed by atoms with Crippen molar-refractivity contribution >= 4 is 23.4 Å². The molecule has 1 heterocycles. The summed E-state index contributed by atoms with van der Waals surface area (Å²) in [5.41, 5.74) is 5.49. The van der Waals surface area contributed by atoms with Crippen LogP contribution in [0, 0.1) is 0 Å². The van der Waals surface area contributed by atoms with Crippen LogP contribution in [0.4, 0.5) is 10.5 Å². The Kier molecular flexibility index (Phi) is 6.14. The van der Waals surface area contributed by atoms with Crippen molar-refractivity contribution in [3.05, 3.63) is 76.8 Å². The topological polar surface area (TPSA) is 29.5 Å². The number of amides is 1. The number of rotatable bonds is 4. The Hall–Kier alpha value is -2.26. The number of para-hydroxylation sites is 1. The zero-order chi connectivity index (χ0) is 20.3. The Bertz CT molecular complexity index is 854. The maximum Gasteiger partial charge on any atom is 0.415 e. The molecule has 1 aliphatic rings. The van der Waals surface area contributed by atoms with Gasteiger partial charge in [-0.15, -0.1) is 0 Å². The van der Waals surface area contributed by atoms with E-state index in [0.29, 0.717) is 0 Å². The lowest BCUT2D eigenvalue weighted by molar-refractivity contribution is 0.0565. The molecule has 0 saturated carbocycles. The second-order valence-corrected chi connectivity index (χ2v) is 8.65. The number of hydrogen-bond acceptors (Lipinski definition) is 2. The van der Waals surface area contributed by atoms with Gasteiger partial charge in [0.05, 0.1) is 11.7 Å². The number of nitrogens with zero attached hydrogens (tertiary/aromatic N) is 1. The van der Waals surface area contributed by atoms with Crippen LogP contribution in [0.2, 0.25) is 0 Å². The fourth-order valence-electron chi connectivity index (χ4n) is 3.85. The maximum atomic E-state index is 13.2. The number of ether oxygens (including phenoxy) is 1. The number of carbonyl (C=O) groups excluding carboxylic acids is 1. The molecule has 1 aliphatic heterocycles. The number of halogens is 1. The van der Waals surface area contributed by atoms with Crippen LogP contribution in [0.25, 0.3) is 0 Å². The first-order valence-corrected chi connectivity index (χ1v) is 10.1. The van der Waals surface area contributed by atoms with Gasteiger partial charge in [-0.2, -0.15) is 0 Å². The summed E-state index contributed by atoms with van der Waals surface area (Å²) in [6, 6.07) is 18.4. The molecule has 0 aromatic heterocycles. The average Bonchev–Trinajstić information content (AvgIpc) is 3.04. The second kappa shape index (κ2) is 8.40. The first kappa shape index (κ1) is 20.5. The average molecular weight is 398 g/mol. The monoisotopic (exact) mass is 397 g/mol. The zero-order valence-corrected chi connectivity index (χ0v) is 17.7. The molecule has 1 amide bonds. The number of benzene rings is 2. The Morgan fingerprint density at radius 2 is 1.82 bits per heavy atom. The summed E-state index contributed by atoms with van der Waals surface area (Å²) in [5.74, 6) is 0.121. The Morgan fingerprint density at radius 1 is 1.18 bits per heavy atom. The van der Waals surface area contributed by atoms with E-state index in [2.05, 4.69) is 18.2 Å². The lowest BCUT2D eigenvalue weighted by Gasteiger charge is -2.34. The van der Waals surface area contributed by atoms with Crippen molar-refractivity contribution in [3.63, 3.8) is 0 Å². The molecule has 4 heteroatoms. The van der Waals surface area contributed by atoms with Gasteiger partial charge in [0.15, 0.2) is 0 Å². The highest BCUT2D eigenvalue weighted by molar-refractivity contribution is 6.25. The van der Waals surface area contributed by atoms with Gasteiger partial charge in [-0.05, 0) is 57.7 Å². The van der Waals surface area contributed by atoms with Crippen molar-refractivity contribution < 1.29 is 9.53 Å². The van der Waals surface area contributed by atoms with Crippen molar-refractivity contribution in [2.24, 2.45) is 0 Å². The van der Waals surface area contributed by atoms with E-state index in [1.54, 1.807) is 5.54 Å². The molecule has 0 saturated heterocycles. The van der Waals surface area contributed by atoms with E-state index in [9.17, 15) is 4.79 Å². The van der Waals surface area contributed by atoms with Crippen LogP contribution in [-0.4, -0.2) is 17.7 Å². The van der Waals surface area contributed by atoms with Crippen LogP contribution in [0.1, 0.15) is 51.2 Å². The smallest absolute Gasteiger partial charge is 0.415 e. The molecule has 2 aromatic rings. The quantitative estimate of drug-likeness (QED) is 0.576. The summed E-state index contributed by atoms with van der Waals surface area (Å²) in [6.45, 7) is 7.73. The predicted molar refractivity (Wildman–Crippen MR) is 116 cm³/mol. The summed E-state index contributed by atoms with van der Waals surface area (Å²) in [5, 5.41) is 0. The van der Waals surface area contributed by atoms with Crippen molar-refractivity contribution in [2.75, 3.05) is 4.90 Å². The number of anilines is 1. The van der Waals surface area contributed by atoms with Crippen molar-refractivity contribution in [1.82, 2.24) is 0 Å². The molecule has 0 fully saturated rings. The van der Waals surface area contributed by atoms with Gasteiger partial charge < -0.3 is 4.74 Å². The second-order valence-electron chi connectivity index (χ2n) is 8.43. The number of allylic oxidation sites excluding steroid dienone is 1. The van der Waals surface area contributed by atoms with Crippen LogP contribution in [-0.2, 0) is 11.2 Å². The fourth-order valence-corrected chi connectivity index (χ4v) is 3.94. The van der Waals surface area contributed by atoms with E-state index in [1.165, 1.54) is 11.1 Å². The van der Waals surface area contributed by atoms with Gasteiger partial charge in [-0.1, -0.05) is 65.7 Å². The van der Waals surface area contributed by atoms with Crippen molar-refractivity contribution in [3.8, 4) is 0 Å². The van der Waals surface area contributed by atoms with Crippen LogP contribution in [0.15, 0.2) is 65.7 Å². The third-order valence-corrected chi connectivity index (χ3v) is 5.39. The van der Waals surface area contributed by atoms with Crippen LogP contribution in [0.5, 0.6) is 0 Å². The third-order valence-electron chi connectivity index (χ3n) is 5.02. The minimum atomic E-state index is -0.548. The minimum Gasteiger partial charge on any atom is -0.443 e. The molecule has 2 aromatic carbocycles. The molecule has 0 spiro atoms. The number of fused-ring (bicyclic) bond motifs is 1. The predicted octanol–water partition coefficient (Wildman–Crippen LogP) is 6.67. The Labute approximate surface area is 173 Å². The van der Waals surface area contributed by atoms with Gasteiger partial charge in [-0.25, -0.2) is 4.79 Å². The van der Waals surface area contributed by atoms with Crippen LogP contribution < -0.4 is 4.90 Å². The van der Waals surface area contributed by atoms with E-state index in [4.69, 9.17) is 16.3 Å². The van der Waals surface area contributed by atoms with Gasteiger partial charge in [0.1, 0.15) is 5.60 Å². The Balaban J connectivity index is 2.03. The van der Waals surface area contributed by atoms with E-state index >= 15 is 0 Å². The molecule has 148 valence electrons. The fraction of sp³-hybridized carbons (Fsp3) is 0.375. The summed E-state index contributed by atoms with van der Waals surface area (Å²) < 4.78 is 5.77. The minimum absolute atomic E-state index is 0.0267. The van der Waals surface area contributed by atoms with Gasteiger partial charge in [0.2, 0.25) is 0 Å². The van der Waals surface area contributed by atoms with Gasteiger partial charge in [-0.3, -0.25) is 4.90 Å². The molecule has 28 heavy (non-hydrogen) atoms.